The summed E-state index contributed by atoms with van der Waals surface area (Å²) in [6.07, 6.45) is 0.715. The van der Waals surface area contributed by atoms with Gasteiger partial charge in [-0.1, -0.05) is 35.9 Å². The molecule has 2 aromatic carbocycles. The largest absolute Gasteiger partial charge is 0.356 e. The van der Waals surface area contributed by atoms with E-state index in [1.54, 1.807) is 18.2 Å². The lowest BCUT2D eigenvalue weighted by Gasteiger charge is -2.11. The molecule has 0 spiro atoms. The fourth-order valence-corrected chi connectivity index (χ4v) is 3.49. The van der Waals surface area contributed by atoms with E-state index in [1.807, 2.05) is 19.1 Å². The summed E-state index contributed by atoms with van der Waals surface area (Å²) in [6.45, 7) is 3.87. The molecule has 0 aromatic heterocycles. The number of carbonyl (C=O) groups is 2. The van der Waals surface area contributed by atoms with Crippen LogP contribution in [0.1, 0.15) is 29.8 Å². The second-order valence-electron chi connectivity index (χ2n) is 5.63. The molecule has 1 amide bonds. The van der Waals surface area contributed by atoms with E-state index in [4.69, 9.17) is 11.6 Å². The molecule has 0 saturated carbocycles. The third-order valence-corrected chi connectivity index (χ3v) is 4.98. The minimum atomic E-state index is -0.472. The molecule has 132 valence electrons. The lowest BCUT2D eigenvalue weighted by atomic mass is 10.0. The van der Waals surface area contributed by atoms with Gasteiger partial charge in [-0.05, 0) is 37.1 Å². The molecule has 0 radical (unpaired) electrons. The van der Waals surface area contributed by atoms with Crippen LogP contribution in [0.15, 0.2) is 47.4 Å². The molecular formula is C19H19ClFNO2S. The topological polar surface area (TPSA) is 46.2 Å². The molecule has 0 aliphatic carbocycles. The van der Waals surface area contributed by atoms with Crippen molar-refractivity contribution in [1.29, 1.82) is 0 Å². The van der Waals surface area contributed by atoms with E-state index >= 15 is 0 Å². The minimum absolute atomic E-state index is 0.00106. The predicted octanol–water partition coefficient (Wildman–Crippen LogP) is 4.52. The van der Waals surface area contributed by atoms with Crippen molar-refractivity contribution in [3.8, 4) is 0 Å². The van der Waals surface area contributed by atoms with E-state index in [0.29, 0.717) is 18.5 Å². The number of Topliss-reactive ketones (excluding diaryl/α,β-unsaturated/α-hetero) is 1. The van der Waals surface area contributed by atoms with Crippen LogP contribution in [0.5, 0.6) is 0 Å². The summed E-state index contributed by atoms with van der Waals surface area (Å²) in [5, 5.41) is 2.47. The summed E-state index contributed by atoms with van der Waals surface area (Å²) in [5.41, 5.74) is 1.67. The lowest BCUT2D eigenvalue weighted by molar-refractivity contribution is -0.118. The zero-order valence-corrected chi connectivity index (χ0v) is 15.6. The molecule has 2 aromatic rings. The van der Waals surface area contributed by atoms with Crippen LogP contribution in [0.4, 0.5) is 4.39 Å². The maximum absolute atomic E-state index is 13.2. The molecule has 1 N–H and O–H groups in total. The Morgan fingerprint density at radius 3 is 2.48 bits per heavy atom. The Morgan fingerprint density at radius 2 is 1.88 bits per heavy atom. The number of ketones is 1. The van der Waals surface area contributed by atoms with Gasteiger partial charge < -0.3 is 5.32 Å². The van der Waals surface area contributed by atoms with Crippen LogP contribution in [0.3, 0.4) is 0 Å². The van der Waals surface area contributed by atoms with Gasteiger partial charge in [-0.15, -0.1) is 11.8 Å². The van der Waals surface area contributed by atoms with Crippen LogP contribution >= 0.6 is 23.4 Å². The quantitative estimate of drug-likeness (QED) is 0.568. The normalized spacial score (nSPS) is 11.8. The predicted molar refractivity (Wildman–Crippen MR) is 99.9 cm³/mol. The van der Waals surface area contributed by atoms with Gasteiger partial charge in [0.25, 0.3) is 0 Å². The molecule has 0 bridgehead atoms. The average molecular weight is 380 g/mol. The number of amides is 1. The Kier molecular flexibility index (Phi) is 7.02. The first-order valence-corrected chi connectivity index (χ1v) is 9.12. The second kappa shape index (κ2) is 9.02. The van der Waals surface area contributed by atoms with Gasteiger partial charge >= 0.3 is 0 Å². The molecule has 1 atom stereocenters. The van der Waals surface area contributed by atoms with Crippen molar-refractivity contribution in [2.45, 2.75) is 30.4 Å². The van der Waals surface area contributed by atoms with Crippen LogP contribution in [0.25, 0.3) is 0 Å². The van der Waals surface area contributed by atoms with E-state index in [0.717, 1.165) is 10.5 Å². The Hall–Kier alpha value is -1.85. The van der Waals surface area contributed by atoms with Crippen LogP contribution in [0, 0.1) is 5.82 Å². The van der Waals surface area contributed by atoms with Crippen molar-refractivity contribution in [2.24, 2.45) is 0 Å². The molecule has 0 unspecified atom stereocenters. The molecule has 0 fully saturated rings. The van der Waals surface area contributed by atoms with Gasteiger partial charge in [0.15, 0.2) is 5.78 Å². The number of carbonyl (C=O) groups excluding carboxylic acids is 2. The van der Waals surface area contributed by atoms with Crippen molar-refractivity contribution >= 4 is 35.1 Å². The van der Waals surface area contributed by atoms with Crippen LogP contribution in [-0.4, -0.2) is 23.5 Å². The zero-order chi connectivity index (χ0) is 18.4. The van der Waals surface area contributed by atoms with E-state index in [-0.39, 0.29) is 22.0 Å². The Morgan fingerprint density at radius 1 is 1.20 bits per heavy atom. The SMILES string of the molecule is CC(=O)NCCc1ccc(C(=O)[C@H](C)Sc2ccc(F)c(Cl)c2)cc1. The standard InChI is InChI=1S/C19H19ClFNO2S/c1-12(25-16-7-8-18(21)17(20)11-16)19(24)15-5-3-14(4-6-15)9-10-22-13(2)23/h3-8,11-12H,9-10H2,1-2H3,(H,22,23)/t12-/m0/s1. The number of rotatable bonds is 7. The summed E-state index contributed by atoms with van der Waals surface area (Å²) in [7, 11) is 0. The lowest BCUT2D eigenvalue weighted by Crippen LogP contribution is -2.22. The summed E-state index contributed by atoms with van der Waals surface area (Å²) >= 11 is 7.12. The number of hydrogen-bond acceptors (Lipinski definition) is 3. The maximum atomic E-state index is 13.2. The highest BCUT2D eigenvalue weighted by atomic mass is 35.5. The van der Waals surface area contributed by atoms with Crippen LogP contribution in [0.2, 0.25) is 5.02 Å². The Balaban J connectivity index is 1.96. The molecule has 6 heteroatoms. The third-order valence-electron chi connectivity index (χ3n) is 3.60. The molecule has 3 nitrogen and oxygen atoms in total. The number of nitrogens with one attached hydrogen (secondary N) is 1. The number of benzene rings is 2. The van der Waals surface area contributed by atoms with Crippen molar-refractivity contribution in [3.63, 3.8) is 0 Å². The first-order valence-electron chi connectivity index (χ1n) is 7.86. The van der Waals surface area contributed by atoms with Crippen molar-refractivity contribution in [3.05, 3.63) is 64.4 Å². The van der Waals surface area contributed by atoms with Crippen LogP contribution < -0.4 is 5.32 Å². The molecule has 0 aliphatic heterocycles. The molecular weight excluding hydrogens is 361 g/mol. The average Bonchev–Trinajstić information content (AvgIpc) is 2.58. The van der Waals surface area contributed by atoms with Gasteiger partial charge in [0.05, 0.1) is 10.3 Å². The Bertz CT molecular complexity index is 765. The Labute approximate surface area is 156 Å². The molecule has 0 saturated heterocycles. The first-order chi connectivity index (χ1) is 11.9. The van der Waals surface area contributed by atoms with Gasteiger partial charge in [0.1, 0.15) is 5.82 Å². The van der Waals surface area contributed by atoms with Gasteiger partial charge in [-0.25, -0.2) is 4.39 Å². The van der Waals surface area contributed by atoms with E-state index in [9.17, 15) is 14.0 Å². The maximum Gasteiger partial charge on any atom is 0.216 e. The van der Waals surface area contributed by atoms with Crippen molar-refractivity contribution in [2.75, 3.05) is 6.54 Å². The van der Waals surface area contributed by atoms with Crippen LogP contribution in [-0.2, 0) is 11.2 Å². The van der Waals surface area contributed by atoms with Gasteiger partial charge in [-0.2, -0.15) is 0 Å². The highest BCUT2D eigenvalue weighted by Gasteiger charge is 2.17. The fraction of sp³-hybridized carbons (Fsp3) is 0.263. The molecule has 2 rings (SSSR count). The zero-order valence-electron chi connectivity index (χ0n) is 14.0. The van der Waals surface area contributed by atoms with Gasteiger partial charge in [0.2, 0.25) is 5.91 Å². The highest BCUT2D eigenvalue weighted by Crippen LogP contribution is 2.29. The summed E-state index contributed by atoms with van der Waals surface area (Å²) < 4.78 is 13.2. The van der Waals surface area contributed by atoms with Gasteiger partial charge in [-0.3, -0.25) is 9.59 Å². The second-order valence-corrected chi connectivity index (χ2v) is 7.45. The number of halogens is 2. The highest BCUT2D eigenvalue weighted by molar-refractivity contribution is 8.00. The summed E-state index contributed by atoms with van der Waals surface area (Å²) in [4.78, 5) is 24.1. The number of thioether (sulfide) groups is 1. The summed E-state index contributed by atoms with van der Waals surface area (Å²) in [5.74, 6) is -0.530. The van der Waals surface area contributed by atoms with Gasteiger partial charge in [0, 0.05) is 23.9 Å². The minimum Gasteiger partial charge on any atom is -0.356 e. The van der Waals surface area contributed by atoms with Crippen molar-refractivity contribution < 1.29 is 14.0 Å². The summed E-state index contributed by atoms with van der Waals surface area (Å²) in [6, 6.07) is 11.8. The smallest absolute Gasteiger partial charge is 0.216 e. The van der Waals surface area contributed by atoms with E-state index in [2.05, 4.69) is 5.32 Å². The van der Waals surface area contributed by atoms with E-state index < -0.39 is 5.82 Å². The molecule has 25 heavy (non-hydrogen) atoms. The molecule has 0 heterocycles. The third kappa shape index (κ3) is 5.87. The number of hydrogen-bond donors (Lipinski definition) is 1. The van der Waals surface area contributed by atoms with Crippen molar-refractivity contribution in [1.82, 2.24) is 5.32 Å². The first kappa shape index (κ1) is 19.5. The van der Waals surface area contributed by atoms with E-state index in [1.165, 1.54) is 30.8 Å². The monoisotopic (exact) mass is 379 g/mol. The fourth-order valence-electron chi connectivity index (χ4n) is 2.26. The molecule has 0 aliphatic rings.